The molecule has 1 aliphatic heterocycles. The summed E-state index contributed by atoms with van der Waals surface area (Å²) in [6, 6.07) is 8.91. The molecule has 1 saturated heterocycles. The molecule has 1 aliphatic rings. The molecule has 0 spiro atoms. The van der Waals surface area contributed by atoms with E-state index in [0.717, 1.165) is 4.68 Å². The summed E-state index contributed by atoms with van der Waals surface area (Å²) < 4.78 is 20.7. The molecule has 4 rings (SSSR count). The molecule has 0 unspecified atom stereocenters. The lowest BCUT2D eigenvalue weighted by Crippen LogP contribution is -2.30. The Morgan fingerprint density at radius 2 is 2.08 bits per heavy atom. The number of halogens is 1. The van der Waals surface area contributed by atoms with Crippen LogP contribution in [0.15, 0.2) is 35.1 Å². The molecule has 0 bridgehead atoms. The lowest BCUT2D eigenvalue weighted by molar-refractivity contribution is -0.0512. The monoisotopic (exact) mass is 347 g/mol. The second-order valence-electron chi connectivity index (χ2n) is 5.67. The van der Waals surface area contributed by atoms with Gasteiger partial charge in [-0.2, -0.15) is 4.68 Å². The molecule has 0 amide bonds. The number of H-pyrrole nitrogens is 1. The summed E-state index contributed by atoms with van der Waals surface area (Å²) in [7, 11) is 0. The minimum atomic E-state index is -1.84. The molecule has 0 aliphatic carbocycles. The number of aliphatic hydroxyl groups excluding tert-OH is 2. The second kappa shape index (κ2) is 5.99. The van der Waals surface area contributed by atoms with Gasteiger partial charge in [0.25, 0.3) is 5.56 Å². The summed E-state index contributed by atoms with van der Waals surface area (Å²) in [5, 5.41) is 26.4. The van der Waals surface area contributed by atoms with E-state index in [9.17, 15) is 14.3 Å². The average molecular weight is 347 g/mol. The third kappa shape index (κ3) is 2.51. The van der Waals surface area contributed by atoms with Gasteiger partial charge in [0.05, 0.1) is 6.61 Å². The first-order chi connectivity index (χ1) is 12.1. The van der Waals surface area contributed by atoms with Gasteiger partial charge < -0.3 is 19.9 Å². The largest absolute Gasteiger partial charge is 0.394 e. The molecule has 0 radical (unpaired) electrons. The van der Waals surface area contributed by atoms with Gasteiger partial charge in [0.15, 0.2) is 23.6 Å². The highest BCUT2D eigenvalue weighted by Crippen LogP contribution is 2.32. The second-order valence-corrected chi connectivity index (χ2v) is 5.67. The SMILES string of the molecule is O=c1[nH]c(-c2ccccc2)nc2c1nnn2[C@@H]1O[C@H](CO)[C@@H](O)[C@@H]1F. The number of aliphatic hydroxyl groups is 2. The fourth-order valence-corrected chi connectivity index (χ4v) is 2.80. The number of rotatable bonds is 3. The van der Waals surface area contributed by atoms with Crippen molar-refractivity contribution in [1.82, 2.24) is 25.0 Å². The molecule has 3 heterocycles. The maximum atomic E-state index is 14.3. The highest BCUT2D eigenvalue weighted by molar-refractivity contribution is 5.71. The van der Waals surface area contributed by atoms with Crippen molar-refractivity contribution < 1.29 is 19.3 Å². The van der Waals surface area contributed by atoms with Crippen molar-refractivity contribution in [2.24, 2.45) is 0 Å². The summed E-state index contributed by atoms with van der Waals surface area (Å²) >= 11 is 0. The van der Waals surface area contributed by atoms with Crippen LogP contribution in [0.2, 0.25) is 0 Å². The third-order valence-electron chi connectivity index (χ3n) is 4.10. The fraction of sp³-hybridized carbons (Fsp3) is 0.333. The molecule has 1 aromatic carbocycles. The van der Waals surface area contributed by atoms with E-state index < -0.39 is 36.8 Å². The minimum absolute atomic E-state index is 0.0287. The van der Waals surface area contributed by atoms with Gasteiger partial charge in [0.2, 0.25) is 0 Å². The topological polar surface area (TPSA) is 126 Å². The van der Waals surface area contributed by atoms with Gasteiger partial charge in [0, 0.05) is 5.56 Å². The maximum Gasteiger partial charge on any atom is 0.281 e. The number of nitrogens with one attached hydrogen (secondary N) is 1. The first kappa shape index (κ1) is 15.8. The van der Waals surface area contributed by atoms with Crippen LogP contribution in [0.1, 0.15) is 6.23 Å². The Morgan fingerprint density at radius 1 is 1.32 bits per heavy atom. The lowest BCUT2D eigenvalue weighted by atomic mass is 10.1. The van der Waals surface area contributed by atoms with Crippen molar-refractivity contribution >= 4 is 11.2 Å². The maximum absolute atomic E-state index is 14.3. The van der Waals surface area contributed by atoms with E-state index in [4.69, 9.17) is 9.84 Å². The summed E-state index contributed by atoms with van der Waals surface area (Å²) in [6.45, 7) is -0.548. The average Bonchev–Trinajstić information content (AvgIpc) is 3.18. The van der Waals surface area contributed by atoms with Crippen LogP contribution in [0, 0.1) is 0 Å². The van der Waals surface area contributed by atoms with Gasteiger partial charge >= 0.3 is 0 Å². The Bertz CT molecular complexity index is 959. The first-order valence-electron chi connectivity index (χ1n) is 7.59. The van der Waals surface area contributed by atoms with E-state index >= 15 is 0 Å². The summed E-state index contributed by atoms with van der Waals surface area (Å²) in [5.74, 6) is 0.273. The van der Waals surface area contributed by atoms with Crippen LogP contribution in [0.4, 0.5) is 4.39 Å². The van der Waals surface area contributed by atoms with Gasteiger partial charge in [-0.05, 0) is 0 Å². The van der Waals surface area contributed by atoms with Crippen molar-refractivity contribution in [3.05, 3.63) is 40.7 Å². The molecule has 10 heteroatoms. The molecule has 3 aromatic rings. The predicted octanol–water partition coefficient (Wildman–Crippen LogP) is -0.230. The normalized spacial score (nSPS) is 26.4. The van der Waals surface area contributed by atoms with E-state index in [1.54, 1.807) is 24.3 Å². The van der Waals surface area contributed by atoms with Crippen LogP contribution in [0.3, 0.4) is 0 Å². The van der Waals surface area contributed by atoms with Gasteiger partial charge in [-0.15, -0.1) is 5.10 Å². The van der Waals surface area contributed by atoms with Crippen LogP contribution in [-0.2, 0) is 4.74 Å². The Kier molecular flexibility index (Phi) is 3.79. The number of fused-ring (bicyclic) bond motifs is 1. The Hall–Kier alpha value is -2.69. The number of nitrogens with zero attached hydrogens (tertiary/aromatic N) is 4. The zero-order chi connectivity index (χ0) is 17.6. The molecule has 3 N–H and O–H groups in total. The molecular formula is C15H14FN5O4. The third-order valence-corrected chi connectivity index (χ3v) is 4.10. The van der Waals surface area contributed by atoms with Gasteiger partial charge in [0.1, 0.15) is 18.0 Å². The van der Waals surface area contributed by atoms with Crippen LogP contribution >= 0.6 is 0 Å². The molecule has 1 fully saturated rings. The summed E-state index contributed by atoms with van der Waals surface area (Å²) in [6.07, 6.45) is -5.78. The van der Waals surface area contributed by atoms with Crippen molar-refractivity contribution in [3.8, 4) is 11.4 Å². The number of hydrogen-bond acceptors (Lipinski definition) is 7. The van der Waals surface area contributed by atoms with Crippen molar-refractivity contribution in [1.29, 1.82) is 0 Å². The summed E-state index contributed by atoms with van der Waals surface area (Å²) in [5.41, 5.74) is 0.0906. The molecule has 25 heavy (non-hydrogen) atoms. The number of aromatic nitrogens is 5. The highest BCUT2D eigenvalue weighted by atomic mass is 19.1. The van der Waals surface area contributed by atoms with Crippen molar-refractivity contribution in [2.45, 2.75) is 24.6 Å². The van der Waals surface area contributed by atoms with Crippen LogP contribution < -0.4 is 5.56 Å². The summed E-state index contributed by atoms with van der Waals surface area (Å²) in [4.78, 5) is 19.1. The number of benzene rings is 1. The smallest absolute Gasteiger partial charge is 0.281 e. The minimum Gasteiger partial charge on any atom is -0.394 e. The highest BCUT2D eigenvalue weighted by Gasteiger charge is 2.46. The van der Waals surface area contributed by atoms with E-state index in [1.807, 2.05) is 6.07 Å². The zero-order valence-corrected chi connectivity index (χ0v) is 12.8. The van der Waals surface area contributed by atoms with E-state index in [-0.39, 0.29) is 17.0 Å². The van der Waals surface area contributed by atoms with E-state index in [0.29, 0.717) is 5.56 Å². The van der Waals surface area contributed by atoms with E-state index in [2.05, 4.69) is 20.3 Å². The number of ether oxygens (including phenoxy) is 1. The fourth-order valence-electron chi connectivity index (χ4n) is 2.80. The molecule has 9 nitrogen and oxygen atoms in total. The van der Waals surface area contributed by atoms with Crippen LogP contribution in [0.5, 0.6) is 0 Å². The van der Waals surface area contributed by atoms with Crippen molar-refractivity contribution in [2.75, 3.05) is 6.61 Å². The Morgan fingerprint density at radius 3 is 2.76 bits per heavy atom. The molecular weight excluding hydrogens is 333 g/mol. The van der Waals surface area contributed by atoms with Gasteiger partial charge in [-0.25, -0.2) is 9.37 Å². The van der Waals surface area contributed by atoms with E-state index in [1.165, 1.54) is 0 Å². The quantitative estimate of drug-likeness (QED) is 0.597. The molecule has 4 atom stereocenters. The molecule has 130 valence electrons. The number of alkyl halides is 1. The predicted molar refractivity (Wildman–Crippen MR) is 83.3 cm³/mol. The molecule has 2 aromatic heterocycles. The van der Waals surface area contributed by atoms with Gasteiger partial charge in [-0.1, -0.05) is 35.5 Å². The van der Waals surface area contributed by atoms with Crippen LogP contribution in [-0.4, -0.2) is 60.2 Å². The Balaban J connectivity index is 1.84. The van der Waals surface area contributed by atoms with Crippen molar-refractivity contribution in [3.63, 3.8) is 0 Å². The zero-order valence-electron chi connectivity index (χ0n) is 12.8. The lowest BCUT2D eigenvalue weighted by Gasteiger charge is -2.13. The number of aromatic amines is 1. The molecule has 0 saturated carbocycles. The standard InChI is InChI=1S/C15H14FN5O4/c16-9-11(23)8(6-22)25-15(9)21-13-10(19-20-21)14(24)18-12(17-13)7-4-2-1-3-5-7/h1-5,8-9,11,15,22-23H,6H2,(H,17,18,24)/t8-,9+,11-,15-/m1/s1. The first-order valence-corrected chi connectivity index (χ1v) is 7.59. The Labute approximate surface area is 139 Å². The van der Waals surface area contributed by atoms with Gasteiger partial charge in [-0.3, -0.25) is 4.79 Å². The number of hydrogen-bond donors (Lipinski definition) is 3. The van der Waals surface area contributed by atoms with Crippen LogP contribution in [0.25, 0.3) is 22.6 Å².